The first-order valence-corrected chi connectivity index (χ1v) is 14.1. The lowest BCUT2D eigenvalue weighted by molar-refractivity contribution is 0.209. The third-order valence-corrected chi connectivity index (χ3v) is 8.33. The molecule has 2 saturated heterocycles. The predicted octanol–water partition coefficient (Wildman–Crippen LogP) is 6.01. The van der Waals surface area contributed by atoms with E-state index >= 15 is 0 Å². The first-order chi connectivity index (χ1) is 18.8. The zero-order chi connectivity index (χ0) is 27.7. The van der Waals surface area contributed by atoms with Crippen molar-refractivity contribution in [2.45, 2.75) is 77.8 Å². The van der Waals surface area contributed by atoms with Crippen LogP contribution in [0.1, 0.15) is 70.1 Å². The van der Waals surface area contributed by atoms with Crippen LogP contribution in [0.4, 0.5) is 5.82 Å². The van der Waals surface area contributed by atoms with Gasteiger partial charge in [0.15, 0.2) is 11.6 Å². The molecule has 2 aliphatic rings. The standard InChI is InChI=1S/C26H28N8.C5H12/c1-15-23(18-11-19-8-9-20(12-18)33(19)26(28)29)32-25-21(14-31-34(25)24(15)27)17-7-10-22(30-13-17)16-5-3-2-4-6-16;1-4-5(2)3/h2-7,10,13-14,18-20H,8-9,11-12,27H2,1H3,(H3,28,29);5H,4H2,1-3H3. The number of nitrogen functional groups attached to an aromatic ring is 1. The van der Waals surface area contributed by atoms with Crippen molar-refractivity contribution in [3.05, 3.63) is 66.1 Å². The summed E-state index contributed by atoms with van der Waals surface area (Å²) >= 11 is 0. The van der Waals surface area contributed by atoms with E-state index in [1.54, 1.807) is 4.52 Å². The molecule has 5 heterocycles. The summed E-state index contributed by atoms with van der Waals surface area (Å²) in [6, 6.07) is 14.8. The summed E-state index contributed by atoms with van der Waals surface area (Å²) in [7, 11) is 0. The van der Waals surface area contributed by atoms with E-state index in [9.17, 15) is 0 Å². The van der Waals surface area contributed by atoms with E-state index in [1.165, 1.54) is 6.42 Å². The van der Waals surface area contributed by atoms with Gasteiger partial charge in [0.05, 0.1) is 17.6 Å². The van der Waals surface area contributed by atoms with E-state index in [0.717, 1.165) is 70.9 Å². The van der Waals surface area contributed by atoms with Gasteiger partial charge in [-0.3, -0.25) is 10.4 Å². The average Bonchev–Trinajstić information content (AvgIpc) is 3.50. The van der Waals surface area contributed by atoms with Crippen molar-refractivity contribution in [2.24, 2.45) is 11.7 Å². The molecular formula is C31H40N8. The monoisotopic (exact) mass is 524 g/mol. The Bertz CT molecular complexity index is 1430. The van der Waals surface area contributed by atoms with E-state index in [-0.39, 0.29) is 5.96 Å². The zero-order valence-corrected chi connectivity index (χ0v) is 23.4. The fourth-order valence-electron chi connectivity index (χ4n) is 5.84. The second kappa shape index (κ2) is 11.0. The van der Waals surface area contributed by atoms with E-state index < -0.39 is 0 Å². The number of fused-ring (bicyclic) bond motifs is 3. The number of piperidine rings is 1. The molecule has 0 spiro atoms. The van der Waals surface area contributed by atoms with Crippen molar-refractivity contribution in [1.82, 2.24) is 24.5 Å². The lowest BCUT2D eigenvalue weighted by Gasteiger charge is -2.39. The summed E-state index contributed by atoms with van der Waals surface area (Å²) in [6.45, 7) is 8.68. The smallest absolute Gasteiger partial charge is 0.188 e. The summed E-state index contributed by atoms with van der Waals surface area (Å²) in [5, 5.41) is 12.5. The Balaban J connectivity index is 0.000000567. The fraction of sp³-hybridized carbons (Fsp3) is 0.419. The first kappa shape index (κ1) is 26.7. The summed E-state index contributed by atoms with van der Waals surface area (Å²) in [5.41, 5.74) is 19.1. The van der Waals surface area contributed by atoms with Crippen LogP contribution >= 0.6 is 0 Å². The van der Waals surface area contributed by atoms with Gasteiger partial charge in [0, 0.05) is 46.5 Å². The molecule has 0 saturated carbocycles. The van der Waals surface area contributed by atoms with Crippen LogP contribution in [-0.4, -0.2) is 42.5 Å². The number of hydrogen-bond acceptors (Lipinski definition) is 5. The number of aromatic nitrogens is 4. The first-order valence-electron chi connectivity index (χ1n) is 14.1. The molecule has 4 aromatic rings. The third-order valence-electron chi connectivity index (χ3n) is 8.33. The van der Waals surface area contributed by atoms with E-state index in [0.29, 0.717) is 23.8 Å². The van der Waals surface area contributed by atoms with Crippen LogP contribution in [0.25, 0.3) is 28.0 Å². The predicted molar refractivity (Wildman–Crippen MR) is 158 cm³/mol. The largest absolute Gasteiger partial charge is 0.383 e. The van der Waals surface area contributed by atoms with Crippen molar-refractivity contribution < 1.29 is 0 Å². The van der Waals surface area contributed by atoms with Crippen LogP contribution < -0.4 is 11.5 Å². The number of anilines is 1. The normalized spacial score (nSPS) is 20.2. The van der Waals surface area contributed by atoms with E-state index in [4.69, 9.17) is 21.9 Å². The Morgan fingerprint density at radius 1 is 1.03 bits per heavy atom. The van der Waals surface area contributed by atoms with Gasteiger partial charge < -0.3 is 16.4 Å². The Hall–Kier alpha value is -3.94. The number of rotatable bonds is 4. The van der Waals surface area contributed by atoms with Crippen molar-refractivity contribution in [3.63, 3.8) is 0 Å². The summed E-state index contributed by atoms with van der Waals surface area (Å²) < 4.78 is 1.73. The molecule has 8 heteroatoms. The van der Waals surface area contributed by atoms with Gasteiger partial charge in [0.2, 0.25) is 0 Å². The number of benzene rings is 1. The van der Waals surface area contributed by atoms with Crippen molar-refractivity contribution in [3.8, 4) is 22.4 Å². The van der Waals surface area contributed by atoms with Gasteiger partial charge in [-0.2, -0.15) is 9.61 Å². The topological polar surface area (TPSA) is 122 Å². The summed E-state index contributed by atoms with van der Waals surface area (Å²) in [6.07, 6.45) is 9.04. The molecule has 39 heavy (non-hydrogen) atoms. The third kappa shape index (κ3) is 5.20. The molecule has 2 unspecified atom stereocenters. The highest BCUT2D eigenvalue weighted by Gasteiger charge is 2.42. The van der Waals surface area contributed by atoms with Crippen molar-refractivity contribution in [2.75, 3.05) is 5.73 Å². The quantitative estimate of drug-likeness (QED) is 0.222. The highest BCUT2D eigenvalue weighted by atomic mass is 15.3. The lowest BCUT2D eigenvalue weighted by Crippen LogP contribution is -2.49. The summed E-state index contributed by atoms with van der Waals surface area (Å²) in [4.78, 5) is 11.9. The number of nitrogens with zero attached hydrogens (tertiary/aromatic N) is 5. The molecule has 5 N–H and O–H groups in total. The highest BCUT2D eigenvalue weighted by Crippen LogP contribution is 2.44. The highest BCUT2D eigenvalue weighted by molar-refractivity contribution is 5.79. The molecule has 2 aliphatic heterocycles. The van der Waals surface area contributed by atoms with Crippen LogP contribution in [0, 0.1) is 18.3 Å². The Kier molecular flexibility index (Phi) is 7.55. The second-order valence-electron chi connectivity index (χ2n) is 11.2. The maximum Gasteiger partial charge on any atom is 0.188 e. The fourth-order valence-corrected chi connectivity index (χ4v) is 5.84. The minimum atomic E-state index is 0.190. The van der Waals surface area contributed by atoms with Gasteiger partial charge >= 0.3 is 0 Å². The number of nitrogens with two attached hydrogens (primary N) is 2. The van der Waals surface area contributed by atoms with Gasteiger partial charge in [-0.05, 0) is 44.6 Å². The minimum Gasteiger partial charge on any atom is -0.383 e. The molecule has 2 bridgehead atoms. The maximum atomic E-state index is 7.97. The van der Waals surface area contributed by atoms with E-state index in [2.05, 4.69) is 54.0 Å². The van der Waals surface area contributed by atoms with Gasteiger partial charge in [0.25, 0.3) is 0 Å². The molecule has 1 aromatic carbocycles. The van der Waals surface area contributed by atoms with Gasteiger partial charge in [-0.15, -0.1) is 0 Å². The number of nitrogens with one attached hydrogen (secondary N) is 1. The molecule has 2 fully saturated rings. The maximum absolute atomic E-state index is 7.97. The van der Waals surface area contributed by atoms with Crippen LogP contribution in [0.5, 0.6) is 0 Å². The van der Waals surface area contributed by atoms with E-state index in [1.807, 2.05) is 43.6 Å². The van der Waals surface area contributed by atoms with Gasteiger partial charge in [-0.25, -0.2) is 4.98 Å². The van der Waals surface area contributed by atoms with Crippen LogP contribution in [0.2, 0.25) is 0 Å². The number of pyridine rings is 1. The molecule has 0 aliphatic carbocycles. The van der Waals surface area contributed by atoms with Crippen LogP contribution in [0.3, 0.4) is 0 Å². The van der Waals surface area contributed by atoms with Crippen LogP contribution in [0.15, 0.2) is 54.9 Å². The zero-order valence-electron chi connectivity index (χ0n) is 23.4. The van der Waals surface area contributed by atoms with Crippen LogP contribution in [-0.2, 0) is 0 Å². The minimum absolute atomic E-state index is 0.190. The molecule has 6 rings (SSSR count). The SMILES string of the molecule is CCC(C)C.Cc1c(C2CC3CCC(C2)N3C(=N)N)nc2c(-c3ccc(-c4ccccc4)nc3)cnn2c1N. The second-order valence-corrected chi connectivity index (χ2v) is 11.2. The van der Waals surface area contributed by atoms with Gasteiger partial charge in [-0.1, -0.05) is 63.6 Å². The molecule has 2 atom stereocenters. The Morgan fingerprint density at radius 3 is 2.26 bits per heavy atom. The average molecular weight is 525 g/mol. The molecule has 0 radical (unpaired) electrons. The molecule has 204 valence electrons. The molecule has 3 aromatic heterocycles. The molecule has 0 amide bonds. The number of hydrogen-bond donors (Lipinski definition) is 3. The van der Waals surface area contributed by atoms with Crippen molar-refractivity contribution in [1.29, 1.82) is 5.41 Å². The number of guanidine groups is 1. The Labute approximate surface area is 231 Å². The molecular weight excluding hydrogens is 484 g/mol. The molecule has 8 nitrogen and oxygen atoms in total. The van der Waals surface area contributed by atoms with Gasteiger partial charge in [0.1, 0.15) is 5.82 Å². The lowest BCUT2D eigenvalue weighted by atomic mass is 9.86. The summed E-state index contributed by atoms with van der Waals surface area (Å²) in [5.74, 6) is 1.99. The van der Waals surface area contributed by atoms with Crippen molar-refractivity contribution >= 4 is 17.4 Å². The Morgan fingerprint density at radius 2 is 1.69 bits per heavy atom.